The minimum absolute atomic E-state index is 0.0158. The number of methoxy groups -OCH3 is 2. The van der Waals surface area contributed by atoms with Crippen LogP contribution in [-0.2, 0) is 25.7 Å². The number of hydrogen-bond acceptors (Lipinski definition) is 9. The second-order valence-corrected chi connectivity index (χ2v) is 17.2. The first-order valence-corrected chi connectivity index (χ1v) is 20.9. The van der Waals surface area contributed by atoms with Crippen LogP contribution < -0.4 is 15.4 Å². The van der Waals surface area contributed by atoms with Gasteiger partial charge in [0, 0.05) is 23.5 Å². The lowest BCUT2D eigenvalue weighted by molar-refractivity contribution is -0.137. The first-order valence-electron chi connectivity index (χ1n) is 20.9. The molecular formula is C45H54N8O7. The minimum atomic E-state index is -0.721. The van der Waals surface area contributed by atoms with E-state index in [1.165, 1.54) is 14.2 Å². The molecular weight excluding hydrogens is 765 g/mol. The van der Waals surface area contributed by atoms with Gasteiger partial charge in [-0.25, -0.2) is 19.6 Å². The smallest absolute Gasteiger partial charge is 0.407 e. The topological polar surface area (TPSA) is 184 Å². The van der Waals surface area contributed by atoms with Gasteiger partial charge in [-0.05, 0) is 90.3 Å². The molecule has 15 heteroatoms. The molecule has 5 aromatic rings. The molecule has 316 valence electrons. The Hall–Kier alpha value is -6.12. The number of hydrogen-bond donors (Lipinski definition) is 4. The summed E-state index contributed by atoms with van der Waals surface area (Å²) in [5.41, 5.74) is 6.58. The van der Waals surface area contributed by atoms with Gasteiger partial charge in [-0.3, -0.25) is 9.59 Å². The maximum atomic E-state index is 13.9. The Morgan fingerprint density at radius 2 is 1.55 bits per heavy atom. The number of H-pyrrole nitrogens is 2. The summed E-state index contributed by atoms with van der Waals surface area (Å²) < 4.78 is 16.0. The predicted octanol–water partition coefficient (Wildman–Crippen LogP) is 7.39. The first kappa shape index (κ1) is 40.7. The van der Waals surface area contributed by atoms with E-state index < -0.39 is 24.3 Å². The van der Waals surface area contributed by atoms with Crippen molar-refractivity contribution in [1.82, 2.24) is 40.4 Å². The van der Waals surface area contributed by atoms with E-state index >= 15 is 0 Å². The first-order chi connectivity index (χ1) is 28.8. The lowest BCUT2D eigenvalue weighted by atomic mass is 9.92. The zero-order valence-corrected chi connectivity index (χ0v) is 35.4. The van der Waals surface area contributed by atoms with Crippen molar-refractivity contribution in [3.8, 4) is 28.1 Å². The summed E-state index contributed by atoms with van der Waals surface area (Å²) in [7, 11) is 2.59. The summed E-state index contributed by atoms with van der Waals surface area (Å²) in [5, 5.41) is 7.42. The molecule has 5 heterocycles. The third kappa shape index (κ3) is 7.38. The van der Waals surface area contributed by atoms with Gasteiger partial charge >= 0.3 is 12.2 Å². The summed E-state index contributed by atoms with van der Waals surface area (Å²) >= 11 is 0. The van der Waals surface area contributed by atoms with Crippen molar-refractivity contribution in [1.29, 1.82) is 0 Å². The number of nitrogens with one attached hydrogen (secondary N) is 4. The second-order valence-electron chi connectivity index (χ2n) is 17.2. The van der Waals surface area contributed by atoms with Gasteiger partial charge in [0.05, 0.1) is 49.2 Å². The van der Waals surface area contributed by atoms with Crippen molar-refractivity contribution < 1.29 is 33.4 Å². The molecule has 3 aromatic carbocycles. The fourth-order valence-corrected chi connectivity index (χ4v) is 9.19. The number of alkyl carbamates (subject to hydrolysis) is 2. The Morgan fingerprint density at radius 3 is 2.25 bits per heavy atom. The normalized spacial score (nSPS) is 20.8. The minimum Gasteiger partial charge on any atom is -0.488 e. The van der Waals surface area contributed by atoms with Crippen LogP contribution in [0, 0.1) is 17.8 Å². The summed E-state index contributed by atoms with van der Waals surface area (Å²) in [6, 6.07) is 12.7. The zero-order valence-electron chi connectivity index (χ0n) is 35.4. The van der Waals surface area contributed by atoms with Crippen LogP contribution in [0.25, 0.3) is 44.2 Å². The van der Waals surface area contributed by atoms with Crippen LogP contribution in [0.1, 0.15) is 90.1 Å². The van der Waals surface area contributed by atoms with E-state index in [4.69, 9.17) is 24.2 Å². The number of carbonyl (C=O) groups excluding carboxylic acids is 4. The van der Waals surface area contributed by atoms with E-state index in [1.54, 1.807) is 0 Å². The second kappa shape index (κ2) is 16.1. The molecule has 0 saturated carbocycles. The van der Waals surface area contributed by atoms with E-state index in [2.05, 4.69) is 63.9 Å². The molecule has 4 N–H and O–H groups in total. The number of fused-ring (bicyclic) bond motifs is 6. The quantitative estimate of drug-likeness (QED) is 0.118. The molecule has 6 atom stereocenters. The molecule has 0 aliphatic carbocycles. The van der Waals surface area contributed by atoms with E-state index in [-0.39, 0.29) is 47.7 Å². The molecule has 8 rings (SSSR count). The fraction of sp³-hybridized carbons (Fsp3) is 0.467. The van der Waals surface area contributed by atoms with Gasteiger partial charge in [0.15, 0.2) is 0 Å². The molecule has 3 aliphatic rings. The Kier molecular flexibility index (Phi) is 10.9. The van der Waals surface area contributed by atoms with Crippen LogP contribution in [0.15, 0.2) is 48.7 Å². The Bertz CT molecular complexity index is 2470. The van der Waals surface area contributed by atoms with Crippen LogP contribution in [0.2, 0.25) is 0 Å². The van der Waals surface area contributed by atoms with Crippen molar-refractivity contribution in [2.45, 2.75) is 97.6 Å². The maximum absolute atomic E-state index is 13.9. The average molecular weight is 819 g/mol. The fourth-order valence-electron chi connectivity index (χ4n) is 9.19. The third-order valence-corrected chi connectivity index (χ3v) is 12.4. The SMILES string of the molecule is COC(=O)N[C@H](C(=O)N1C[C@@H](C)CC1c1nc2c(ccc3cc4c(cc32)OCc2cc(-c3cnc([C@@H]5CC[C@H](C)N5C(=O)[C@@H](NC(=O)OC)C(C)C)[nH]3)ccc2-4)[nH]1)C(C)C. The molecule has 0 radical (unpaired) electrons. The van der Waals surface area contributed by atoms with Gasteiger partial charge in [-0.1, -0.05) is 52.8 Å². The highest BCUT2D eigenvalue weighted by molar-refractivity contribution is 6.07. The van der Waals surface area contributed by atoms with Crippen LogP contribution in [0.3, 0.4) is 0 Å². The van der Waals surface area contributed by atoms with E-state index in [0.29, 0.717) is 24.8 Å². The highest BCUT2D eigenvalue weighted by atomic mass is 16.5. The van der Waals surface area contributed by atoms with Gasteiger partial charge in [-0.15, -0.1) is 0 Å². The van der Waals surface area contributed by atoms with Gasteiger partial charge in [0.25, 0.3) is 0 Å². The standard InChI is InChI=1S/C45H54N8O7/c1-22(2)37(50-44(56)58-7)42(54)52-20-24(5)15-35(52)41-47-32-13-11-26-17-31-29-12-10-27(16-28(29)21-60-36(31)18-30(26)39(32)49-41)33-19-46-40(48-33)34-14-9-25(6)53(34)43(55)38(23(3)4)51-45(57)59-8/h10-13,16-19,22-25,34-35,37-38H,9,14-15,20-21H2,1-8H3,(H,46,48)(H,47,49)(H,50,56)(H,51,57)/t24-,25-,34-,35?,37-,38-/m0/s1. The van der Waals surface area contributed by atoms with Gasteiger partial charge in [-0.2, -0.15) is 0 Å². The summed E-state index contributed by atoms with van der Waals surface area (Å²) in [6.07, 6.45) is 2.87. The molecule has 4 amide bonds. The number of carbonyl (C=O) groups is 4. The van der Waals surface area contributed by atoms with E-state index in [9.17, 15) is 19.2 Å². The number of likely N-dealkylation sites (tertiary alicyclic amines) is 2. The molecule has 0 bridgehead atoms. The molecule has 2 aromatic heterocycles. The van der Waals surface area contributed by atoms with Crippen LogP contribution in [-0.4, -0.2) is 92.6 Å². The van der Waals surface area contributed by atoms with Crippen molar-refractivity contribution in [2.75, 3.05) is 20.8 Å². The van der Waals surface area contributed by atoms with Crippen LogP contribution in [0.5, 0.6) is 5.75 Å². The molecule has 1 unspecified atom stereocenters. The van der Waals surface area contributed by atoms with Gasteiger partial charge in [0.1, 0.15) is 36.1 Å². The molecule has 15 nitrogen and oxygen atoms in total. The number of benzene rings is 3. The monoisotopic (exact) mass is 818 g/mol. The predicted molar refractivity (Wildman–Crippen MR) is 226 cm³/mol. The number of ether oxygens (including phenoxy) is 3. The number of aromatic nitrogens is 4. The highest BCUT2D eigenvalue weighted by Gasteiger charge is 2.42. The number of nitrogens with zero attached hydrogens (tertiary/aromatic N) is 4. The molecule has 2 saturated heterocycles. The van der Waals surface area contributed by atoms with Crippen molar-refractivity contribution in [2.24, 2.45) is 17.8 Å². The van der Waals surface area contributed by atoms with E-state index in [0.717, 1.165) is 74.8 Å². The highest BCUT2D eigenvalue weighted by Crippen LogP contribution is 2.44. The molecule has 0 spiro atoms. The summed E-state index contributed by atoms with van der Waals surface area (Å²) in [4.78, 5) is 72.6. The molecule has 2 fully saturated rings. The molecule has 60 heavy (non-hydrogen) atoms. The third-order valence-electron chi connectivity index (χ3n) is 12.4. The number of imidazole rings is 2. The van der Waals surface area contributed by atoms with Gasteiger partial charge in [0.2, 0.25) is 11.8 Å². The van der Waals surface area contributed by atoms with Crippen LogP contribution in [0.4, 0.5) is 9.59 Å². The number of aromatic amines is 2. The van der Waals surface area contributed by atoms with Crippen molar-refractivity contribution in [3.63, 3.8) is 0 Å². The number of rotatable bonds is 9. The van der Waals surface area contributed by atoms with Crippen molar-refractivity contribution in [3.05, 3.63) is 65.9 Å². The Morgan fingerprint density at radius 1 is 0.833 bits per heavy atom. The van der Waals surface area contributed by atoms with E-state index in [1.807, 2.05) is 56.7 Å². The lowest BCUT2D eigenvalue weighted by Crippen LogP contribution is -2.52. The van der Waals surface area contributed by atoms with Crippen molar-refractivity contribution >= 4 is 45.8 Å². The Labute approximate surface area is 348 Å². The zero-order chi connectivity index (χ0) is 42.6. The largest absolute Gasteiger partial charge is 0.488 e. The molecule has 3 aliphatic heterocycles. The van der Waals surface area contributed by atoms with Gasteiger partial charge < -0.3 is 44.6 Å². The van der Waals surface area contributed by atoms with Crippen LogP contribution >= 0.6 is 0 Å². The maximum Gasteiger partial charge on any atom is 0.407 e. The lowest BCUT2D eigenvalue weighted by Gasteiger charge is -2.32. The number of amides is 4. The Balaban J connectivity index is 1.05. The summed E-state index contributed by atoms with van der Waals surface area (Å²) in [5.74, 6) is 1.88. The average Bonchev–Trinajstić information content (AvgIpc) is 4.05. The summed E-state index contributed by atoms with van der Waals surface area (Å²) in [6.45, 7) is 12.7.